The summed E-state index contributed by atoms with van der Waals surface area (Å²) >= 11 is 1.17. The lowest BCUT2D eigenvalue weighted by Gasteiger charge is -1.93. The van der Waals surface area contributed by atoms with Gasteiger partial charge in [-0.1, -0.05) is 6.92 Å². The predicted molar refractivity (Wildman–Crippen MR) is 38.8 cm³/mol. The zero-order valence-corrected chi connectivity index (χ0v) is 6.31. The van der Waals surface area contributed by atoms with Gasteiger partial charge in [-0.2, -0.15) is 4.37 Å². The van der Waals surface area contributed by atoms with Crippen molar-refractivity contribution in [3.63, 3.8) is 0 Å². The second-order valence-corrected chi connectivity index (χ2v) is 2.43. The van der Waals surface area contributed by atoms with Crippen LogP contribution in [0.5, 0.6) is 0 Å². The molecule has 0 fully saturated rings. The number of amides is 1. The number of carbonyl (C=O) groups is 1. The van der Waals surface area contributed by atoms with Crippen LogP contribution in [-0.2, 0) is 4.79 Å². The molecule has 1 aromatic rings. The quantitative estimate of drug-likeness (QED) is 0.693. The minimum atomic E-state index is -0.0308. The average Bonchev–Trinajstić information content (AvgIpc) is 2.40. The van der Waals surface area contributed by atoms with Gasteiger partial charge < -0.3 is 5.32 Å². The maximum absolute atomic E-state index is 10.7. The molecule has 1 heterocycles. The summed E-state index contributed by atoms with van der Waals surface area (Å²) in [6.45, 7) is 1.79. The second kappa shape index (κ2) is 3.26. The first-order valence-electron chi connectivity index (χ1n) is 2.89. The van der Waals surface area contributed by atoms with Gasteiger partial charge in [-0.15, -0.1) is 0 Å². The predicted octanol–water partition coefficient (Wildman–Crippen LogP) is 0.887. The average molecular weight is 157 g/mol. The minimum absolute atomic E-state index is 0.0308. The molecule has 5 heteroatoms. The highest BCUT2D eigenvalue weighted by molar-refractivity contribution is 7.09. The van der Waals surface area contributed by atoms with Crippen LogP contribution in [0.2, 0.25) is 0 Å². The highest BCUT2D eigenvalue weighted by atomic mass is 32.1. The van der Waals surface area contributed by atoms with E-state index >= 15 is 0 Å². The topological polar surface area (TPSA) is 54.9 Å². The Kier molecular flexibility index (Phi) is 2.33. The molecule has 0 saturated heterocycles. The number of hydrogen-bond acceptors (Lipinski definition) is 4. The number of nitrogens with zero attached hydrogens (tertiary/aromatic N) is 2. The Bertz CT molecular complexity index is 209. The van der Waals surface area contributed by atoms with Gasteiger partial charge >= 0.3 is 0 Å². The van der Waals surface area contributed by atoms with Crippen LogP contribution in [0.25, 0.3) is 0 Å². The van der Waals surface area contributed by atoms with E-state index in [0.717, 1.165) is 0 Å². The molecule has 0 aromatic carbocycles. The van der Waals surface area contributed by atoms with E-state index in [0.29, 0.717) is 11.6 Å². The number of hydrogen-bond donors (Lipinski definition) is 1. The highest BCUT2D eigenvalue weighted by Crippen LogP contribution is 2.05. The number of rotatable bonds is 2. The summed E-state index contributed by atoms with van der Waals surface area (Å²) in [6, 6.07) is 0. The van der Waals surface area contributed by atoms with Crippen molar-refractivity contribution in [2.75, 3.05) is 5.32 Å². The molecule has 1 aromatic heterocycles. The summed E-state index contributed by atoms with van der Waals surface area (Å²) in [4.78, 5) is 14.5. The fourth-order valence-corrected chi connectivity index (χ4v) is 0.884. The molecule has 0 spiro atoms. The summed E-state index contributed by atoms with van der Waals surface area (Å²) in [5.74, 6) is -0.0308. The van der Waals surface area contributed by atoms with Crippen molar-refractivity contribution in [3.8, 4) is 0 Å². The van der Waals surface area contributed by atoms with Crippen molar-refractivity contribution in [2.45, 2.75) is 13.3 Å². The van der Waals surface area contributed by atoms with Gasteiger partial charge in [0.05, 0.1) is 0 Å². The van der Waals surface area contributed by atoms with Crippen LogP contribution in [0.1, 0.15) is 13.3 Å². The molecule has 0 aliphatic carbocycles. The fraction of sp³-hybridized carbons (Fsp3) is 0.400. The number of aromatic nitrogens is 2. The number of nitrogens with one attached hydrogen (secondary N) is 1. The monoisotopic (exact) mass is 157 g/mol. The Morgan fingerprint density at radius 2 is 2.70 bits per heavy atom. The summed E-state index contributed by atoms with van der Waals surface area (Å²) in [6.07, 6.45) is 1.88. The van der Waals surface area contributed by atoms with E-state index in [1.54, 1.807) is 6.92 Å². The molecule has 1 N–H and O–H groups in total. The van der Waals surface area contributed by atoms with E-state index < -0.39 is 0 Å². The summed E-state index contributed by atoms with van der Waals surface area (Å²) in [5, 5.41) is 3.14. The van der Waals surface area contributed by atoms with Crippen molar-refractivity contribution in [2.24, 2.45) is 0 Å². The fourth-order valence-electron chi connectivity index (χ4n) is 0.436. The maximum Gasteiger partial charge on any atom is 0.225 e. The molecule has 0 radical (unpaired) electrons. The molecule has 4 nitrogen and oxygen atoms in total. The highest BCUT2D eigenvalue weighted by Gasteiger charge is 1.99. The molecule has 1 rings (SSSR count). The Hall–Kier alpha value is -0.970. The lowest BCUT2D eigenvalue weighted by atomic mass is 10.5. The Labute approximate surface area is 62.5 Å². The van der Waals surface area contributed by atoms with E-state index in [-0.39, 0.29) is 5.91 Å². The van der Waals surface area contributed by atoms with Crippen LogP contribution in [0, 0.1) is 0 Å². The zero-order valence-electron chi connectivity index (χ0n) is 5.50. The van der Waals surface area contributed by atoms with Crippen LogP contribution < -0.4 is 5.32 Å². The molecular weight excluding hydrogens is 150 g/mol. The van der Waals surface area contributed by atoms with E-state index in [9.17, 15) is 4.79 Å². The van der Waals surface area contributed by atoms with E-state index in [4.69, 9.17) is 0 Å². The molecule has 0 bridgehead atoms. The van der Waals surface area contributed by atoms with E-state index in [1.807, 2.05) is 0 Å². The normalized spacial score (nSPS) is 9.30. The SMILES string of the molecule is CCC(=O)Nc1ncns1. The minimum Gasteiger partial charge on any atom is -0.301 e. The number of anilines is 1. The third-order valence-corrected chi connectivity index (χ3v) is 1.51. The second-order valence-electron chi connectivity index (χ2n) is 1.65. The smallest absolute Gasteiger partial charge is 0.225 e. The molecule has 10 heavy (non-hydrogen) atoms. The third-order valence-electron chi connectivity index (χ3n) is 0.929. The molecular formula is C5H7N3OS. The van der Waals surface area contributed by atoms with Gasteiger partial charge in [-0.25, -0.2) is 4.98 Å². The summed E-state index contributed by atoms with van der Waals surface area (Å²) < 4.78 is 3.73. The maximum atomic E-state index is 10.7. The van der Waals surface area contributed by atoms with Crippen molar-refractivity contribution in [1.29, 1.82) is 0 Å². The molecule has 0 atom stereocenters. The van der Waals surface area contributed by atoms with Gasteiger partial charge in [-0.05, 0) is 0 Å². The first kappa shape index (κ1) is 7.14. The van der Waals surface area contributed by atoms with Crippen molar-refractivity contribution < 1.29 is 4.79 Å². The standard InChI is InChI=1S/C5H7N3OS/c1-2-4(9)8-5-6-3-7-10-5/h3H,2H2,1H3,(H,6,7,8,9). The first-order valence-corrected chi connectivity index (χ1v) is 3.66. The van der Waals surface area contributed by atoms with Crippen LogP contribution in [0.4, 0.5) is 5.13 Å². The van der Waals surface area contributed by atoms with Crippen molar-refractivity contribution >= 4 is 22.6 Å². The molecule has 0 aliphatic heterocycles. The van der Waals surface area contributed by atoms with Crippen LogP contribution in [-0.4, -0.2) is 15.3 Å². The lowest BCUT2D eigenvalue weighted by molar-refractivity contribution is -0.115. The molecule has 0 aliphatic rings. The van der Waals surface area contributed by atoms with E-state index in [1.165, 1.54) is 17.9 Å². The lowest BCUT2D eigenvalue weighted by Crippen LogP contribution is -2.08. The first-order chi connectivity index (χ1) is 4.83. The van der Waals surface area contributed by atoms with Crippen LogP contribution in [0.15, 0.2) is 6.33 Å². The van der Waals surface area contributed by atoms with Crippen LogP contribution in [0.3, 0.4) is 0 Å². The summed E-state index contributed by atoms with van der Waals surface area (Å²) in [7, 11) is 0. The van der Waals surface area contributed by atoms with Crippen molar-refractivity contribution in [3.05, 3.63) is 6.33 Å². The molecule has 1 amide bonds. The van der Waals surface area contributed by atoms with Crippen molar-refractivity contribution in [1.82, 2.24) is 9.36 Å². The number of carbonyl (C=O) groups excluding carboxylic acids is 1. The van der Waals surface area contributed by atoms with Gasteiger partial charge in [0.25, 0.3) is 0 Å². The van der Waals surface area contributed by atoms with E-state index in [2.05, 4.69) is 14.7 Å². The van der Waals surface area contributed by atoms with Gasteiger partial charge in [0.2, 0.25) is 11.0 Å². The Morgan fingerprint density at radius 1 is 1.90 bits per heavy atom. The Morgan fingerprint density at radius 3 is 3.20 bits per heavy atom. The molecule has 0 unspecified atom stereocenters. The zero-order chi connectivity index (χ0) is 7.40. The molecule has 54 valence electrons. The Balaban J connectivity index is 2.48. The molecule has 0 saturated carbocycles. The van der Waals surface area contributed by atoms with Gasteiger partial charge in [-0.3, -0.25) is 4.79 Å². The van der Waals surface area contributed by atoms with Gasteiger partial charge in [0, 0.05) is 18.0 Å². The third kappa shape index (κ3) is 1.77. The van der Waals surface area contributed by atoms with Gasteiger partial charge in [0.15, 0.2) is 0 Å². The van der Waals surface area contributed by atoms with Crippen LogP contribution >= 0.6 is 11.5 Å². The van der Waals surface area contributed by atoms with Gasteiger partial charge in [0.1, 0.15) is 6.33 Å². The largest absolute Gasteiger partial charge is 0.301 e. The summed E-state index contributed by atoms with van der Waals surface area (Å²) in [5.41, 5.74) is 0.